The maximum absolute atomic E-state index is 5.18. The molecule has 6 nitrogen and oxygen atoms in total. The van der Waals surface area contributed by atoms with E-state index < -0.39 is 0 Å². The third kappa shape index (κ3) is 3.17. The van der Waals surface area contributed by atoms with E-state index in [0.717, 1.165) is 37.6 Å². The second-order valence-corrected chi connectivity index (χ2v) is 6.83. The van der Waals surface area contributed by atoms with Crippen molar-refractivity contribution in [2.24, 2.45) is 0 Å². The average molecular weight is 315 g/mol. The molecule has 23 heavy (non-hydrogen) atoms. The van der Waals surface area contributed by atoms with Gasteiger partial charge in [-0.1, -0.05) is 5.16 Å². The second kappa shape index (κ2) is 6.43. The van der Waals surface area contributed by atoms with E-state index in [0.29, 0.717) is 6.04 Å². The molecule has 1 atom stereocenters. The highest BCUT2D eigenvalue weighted by atomic mass is 16.5. The van der Waals surface area contributed by atoms with Crippen molar-refractivity contribution in [2.45, 2.75) is 57.9 Å². The molecule has 6 heteroatoms. The Labute approximate surface area is 136 Å². The summed E-state index contributed by atoms with van der Waals surface area (Å²) in [6, 6.07) is 0.606. The lowest BCUT2D eigenvalue weighted by atomic mass is 10.0. The highest BCUT2D eigenvalue weighted by Crippen LogP contribution is 2.28. The number of hydrogen-bond acceptors (Lipinski definition) is 5. The van der Waals surface area contributed by atoms with Crippen LogP contribution in [-0.2, 0) is 19.3 Å². The summed E-state index contributed by atoms with van der Waals surface area (Å²) in [6.45, 7) is 5.30. The van der Waals surface area contributed by atoms with E-state index in [1.54, 1.807) is 0 Å². The molecule has 1 aliphatic carbocycles. The van der Waals surface area contributed by atoms with Crippen LogP contribution < -0.4 is 0 Å². The van der Waals surface area contributed by atoms with Crippen LogP contribution in [0.4, 0.5) is 0 Å². The first-order valence-electron chi connectivity index (χ1n) is 8.86. The van der Waals surface area contributed by atoms with Gasteiger partial charge >= 0.3 is 0 Å². The van der Waals surface area contributed by atoms with E-state index in [9.17, 15) is 0 Å². The van der Waals surface area contributed by atoms with Gasteiger partial charge in [0.05, 0.1) is 12.0 Å². The summed E-state index contributed by atoms with van der Waals surface area (Å²) in [5, 5.41) is 3.84. The zero-order valence-corrected chi connectivity index (χ0v) is 13.9. The van der Waals surface area contributed by atoms with Gasteiger partial charge in [0.25, 0.3) is 0 Å². The summed E-state index contributed by atoms with van der Waals surface area (Å²) < 4.78 is 7.65. The molecule has 1 aliphatic heterocycles. The van der Waals surface area contributed by atoms with E-state index >= 15 is 0 Å². The van der Waals surface area contributed by atoms with Crippen molar-refractivity contribution in [2.75, 3.05) is 19.6 Å². The first-order chi connectivity index (χ1) is 11.3. The van der Waals surface area contributed by atoms with Crippen LogP contribution in [0.1, 0.15) is 54.8 Å². The molecule has 0 amide bonds. The Morgan fingerprint density at radius 1 is 1.30 bits per heavy atom. The first kappa shape index (κ1) is 14.9. The molecule has 0 unspecified atom stereocenters. The van der Waals surface area contributed by atoms with Crippen LogP contribution in [-0.4, -0.2) is 44.2 Å². The molecule has 2 aromatic rings. The predicted molar refractivity (Wildman–Crippen MR) is 86.3 cm³/mol. The van der Waals surface area contributed by atoms with Gasteiger partial charge in [0.1, 0.15) is 0 Å². The number of rotatable bonds is 5. The van der Waals surface area contributed by atoms with Crippen LogP contribution in [0.5, 0.6) is 0 Å². The summed E-state index contributed by atoms with van der Waals surface area (Å²) in [5.41, 5.74) is 2.85. The molecular formula is C17H25N5O. The quantitative estimate of drug-likeness (QED) is 0.847. The SMILES string of the molecule is Cc1noc(CCCN2CC[C@@H](n3cnc4c3CCCC4)C2)n1. The highest BCUT2D eigenvalue weighted by Gasteiger charge is 2.27. The Balaban J connectivity index is 1.30. The number of aromatic nitrogens is 4. The van der Waals surface area contributed by atoms with Crippen molar-refractivity contribution in [3.8, 4) is 0 Å². The van der Waals surface area contributed by atoms with Gasteiger partial charge in [-0.15, -0.1) is 0 Å². The molecule has 1 fully saturated rings. The monoisotopic (exact) mass is 315 g/mol. The summed E-state index contributed by atoms with van der Waals surface area (Å²) >= 11 is 0. The van der Waals surface area contributed by atoms with Gasteiger partial charge in [0, 0.05) is 31.2 Å². The van der Waals surface area contributed by atoms with E-state index in [4.69, 9.17) is 4.52 Å². The van der Waals surface area contributed by atoms with Gasteiger partial charge in [-0.25, -0.2) is 4.98 Å². The van der Waals surface area contributed by atoms with Crippen molar-refractivity contribution in [3.63, 3.8) is 0 Å². The maximum atomic E-state index is 5.18. The summed E-state index contributed by atoms with van der Waals surface area (Å²) in [4.78, 5) is 11.5. The second-order valence-electron chi connectivity index (χ2n) is 6.83. The van der Waals surface area contributed by atoms with Gasteiger partial charge in [-0.3, -0.25) is 0 Å². The van der Waals surface area contributed by atoms with Crippen molar-refractivity contribution in [1.82, 2.24) is 24.6 Å². The fourth-order valence-electron chi connectivity index (χ4n) is 3.94. The van der Waals surface area contributed by atoms with Crippen molar-refractivity contribution >= 4 is 0 Å². The molecule has 3 heterocycles. The average Bonchev–Trinajstić information content (AvgIpc) is 3.27. The lowest BCUT2D eigenvalue weighted by molar-refractivity contribution is 0.306. The van der Waals surface area contributed by atoms with Gasteiger partial charge < -0.3 is 14.0 Å². The normalized spacial score (nSPS) is 21.7. The van der Waals surface area contributed by atoms with Crippen LogP contribution in [0.15, 0.2) is 10.9 Å². The Kier molecular flexibility index (Phi) is 4.16. The van der Waals surface area contributed by atoms with Crippen LogP contribution >= 0.6 is 0 Å². The molecule has 0 spiro atoms. The van der Waals surface area contributed by atoms with Crippen molar-refractivity contribution in [1.29, 1.82) is 0 Å². The molecule has 0 bridgehead atoms. The summed E-state index contributed by atoms with van der Waals surface area (Å²) in [6.07, 6.45) is 10.3. The molecule has 1 saturated heterocycles. The summed E-state index contributed by atoms with van der Waals surface area (Å²) in [5.74, 6) is 1.49. The molecule has 0 saturated carbocycles. The highest BCUT2D eigenvalue weighted by molar-refractivity contribution is 5.17. The van der Waals surface area contributed by atoms with E-state index in [1.165, 1.54) is 50.0 Å². The zero-order chi connectivity index (χ0) is 15.6. The number of fused-ring (bicyclic) bond motifs is 1. The predicted octanol–water partition coefficient (Wildman–Crippen LogP) is 2.33. The Bertz CT molecular complexity index is 662. The van der Waals surface area contributed by atoms with Crippen LogP contribution in [0.2, 0.25) is 0 Å². The largest absolute Gasteiger partial charge is 0.339 e. The Morgan fingerprint density at radius 2 is 2.22 bits per heavy atom. The number of imidazole rings is 1. The van der Waals surface area contributed by atoms with Crippen molar-refractivity contribution in [3.05, 3.63) is 29.4 Å². The topological polar surface area (TPSA) is 60.0 Å². The van der Waals surface area contributed by atoms with Crippen LogP contribution in [0, 0.1) is 6.92 Å². The minimum absolute atomic E-state index is 0.606. The zero-order valence-electron chi connectivity index (χ0n) is 13.9. The molecule has 0 radical (unpaired) electrons. The number of hydrogen-bond donors (Lipinski definition) is 0. The van der Waals surface area contributed by atoms with Gasteiger partial charge in [0.15, 0.2) is 5.82 Å². The van der Waals surface area contributed by atoms with Crippen LogP contribution in [0.3, 0.4) is 0 Å². The number of nitrogens with zero attached hydrogens (tertiary/aromatic N) is 5. The smallest absolute Gasteiger partial charge is 0.226 e. The standard InChI is InChI=1S/C17H25N5O/c1-13-19-17(23-20-13)7-4-9-21-10-8-14(11-21)22-12-18-15-5-2-3-6-16(15)22/h12,14H,2-11H2,1H3/t14-/m1/s1. The van der Waals surface area contributed by atoms with E-state index in [-0.39, 0.29) is 0 Å². The minimum Gasteiger partial charge on any atom is -0.339 e. The lowest BCUT2D eigenvalue weighted by Gasteiger charge is -2.20. The van der Waals surface area contributed by atoms with Crippen LogP contribution in [0.25, 0.3) is 0 Å². The fourth-order valence-corrected chi connectivity index (χ4v) is 3.94. The maximum Gasteiger partial charge on any atom is 0.226 e. The molecular weight excluding hydrogens is 290 g/mol. The van der Waals surface area contributed by atoms with E-state index in [2.05, 4.69) is 30.9 Å². The number of aryl methyl sites for hydroxylation is 3. The first-order valence-corrected chi connectivity index (χ1v) is 8.86. The molecule has 4 rings (SSSR count). The van der Waals surface area contributed by atoms with E-state index in [1.807, 2.05) is 6.92 Å². The summed E-state index contributed by atoms with van der Waals surface area (Å²) in [7, 11) is 0. The van der Waals surface area contributed by atoms with Gasteiger partial charge in [0.2, 0.25) is 5.89 Å². The molecule has 2 aromatic heterocycles. The van der Waals surface area contributed by atoms with Crippen molar-refractivity contribution < 1.29 is 4.52 Å². The van der Waals surface area contributed by atoms with Gasteiger partial charge in [-0.2, -0.15) is 4.98 Å². The third-order valence-corrected chi connectivity index (χ3v) is 5.14. The molecule has 124 valence electrons. The Hall–Kier alpha value is -1.69. The molecule has 0 N–H and O–H groups in total. The third-order valence-electron chi connectivity index (χ3n) is 5.14. The molecule has 2 aliphatic rings. The Morgan fingerprint density at radius 3 is 3.09 bits per heavy atom. The minimum atomic E-state index is 0.606. The number of likely N-dealkylation sites (tertiary alicyclic amines) is 1. The lowest BCUT2D eigenvalue weighted by Crippen LogP contribution is -2.23. The fraction of sp³-hybridized carbons (Fsp3) is 0.706. The van der Waals surface area contributed by atoms with Gasteiger partial charge in [-0.05, 0) is 52.0 Å². The molecule has 0 aromatic carbocycles.